The van der Waals surface area contributed by atoms with Crippen LogP contribution in [-0.2, 0) is 24.2 Å². The fraction of sp³-hybridized carbons (Fsp3) is 0.174. The molecule has 0 saturated carbocycles. The maximum atomic E-state index is 12.9. The summed E-state index contributed by atoms with van der Waals surface area (Å²) >= 11 is 12.2. The quantitative estimate of drug-likeness (QED) is 0.331. The molecule has 31 heavy (non-hydrogen) atoms. The van der Waals surface area contributed by atoms with Gasteiger partial charge in [-0.1, -0.05) is 59.6 Å². The van der Waals surface area contributed by atoms with Crippen LogP contribution in [0.1, 0.15) is 49.7 Å². The van der Waals surface area contributed by atoms with Crippen LogP contribution in [0.4, 0.5) is 0 Å². The number of ether oxygens (including phenoxy) is 1. The van der Waals surface area contributed by atoms with Crippen LogP contribution >= 0.6 is 23.2 Å². The van der Waals surface area contributed by atoms with Crippen molar-refractivity contribution in [2.24, 2.45) is 0 Å². The van der Waals surface area contributed by atoms with Gasteiger partial charge in [0.1, 0.15) is 12.3 Å². The summed E-state index contributed by atoms with van der Waals surface area (Å²) in [5.41, 5.74) is 12.5. The second kappa shape index (κ2) is 8.90. The monoisotopic (exact) mass is 453 g/mol. The molecule has 0 unspecified atom stereocenters. The van der Waals surface area contributed by atoms with Crippen molar-refractivity contribution in [1.82, 2.24) is 4.98 Å². The van der Waals surface area contributed by atoms with Crippen LogP contribution in [0.25, 0.3) is 5.53 Å². The van der Waals surface area contributed by atoms with Crippen LogP contribution in [0.15, 0.2) is 48.5 Å². The highest BCUT2D eigenvalue weighted by Crippen LogP contribution is 2.30. The largest absolute Gasteiger partial charge is 0.456 e. The molecule has 0 atom stereocenters. The number of aromatic nitrogens is 1. The van der Waals surface area contributed by atoms with Crippen molar-refractivity contribution >= 4 is 40.7 Å². The minimum absolute atomic E-state index is 0.0612. The molecule has 156 valence electrons. The lowest BCUT2D eigenvalue weighted by Crippen LogP contribution is -2.23. The second-order valence-electron chi connectivity index (χ2n) is 7.19. The van der Waals surface area contributed by atoms with Gasteiger partial charge in [-0.15, -0.1) is 0 Å². The van der Waals surface area contributed by atoms with Crippen LogP contribution in [-0.4, -0.2) is 27.2 Å². The van der Waals surface area contributed by atoms with Crippen LogP contribution in [0, 0.1) is 0 Å². The average Bonchev–Trinajstić information content (AvgIpc) is 3.15. The van der Waals surface area contributed by atoms with E-state index in [0.29, 0.717) is 33.3 Å². The summed E-state index contributed by atoms with van der Waals surface area (Å²) in [7, 11) is 0. The third-order valence-corrected chi connectivity index (χ3v) is 5.92. The van der Waals surface area contributed by atoms with Crippen LogP contribution < -0.4 is 0 Å². The van der Waals surface area contributed by atoms with Gasteiger partial charge >= 0.3 is 11.7 Å². The van der Waals surface area contributed by atoms with Gasteiger partial charge in [-0.05, 0) is 29.7 Å². The number of hydrogen-bond acceptors (Lipinski definition) is 3. The molecule has 0 bridgehead atoms. The van der Waals surface area contributed by atoms with Gasteiger partial charge in [0.15, 0.2) is 0 Å². The molecular formula is C23H17Cl2N3O3. The van der Waals surface area contributed by atoms with Gasteiger partial charge in [0.05, 0.1) is 22.0 Å². The molecular weight excluding hydrogens is 437 g/mol. The number of Topliss-reactive ketones (excluding diaryl/α,β-unsaturated/α-hetero) is 1. The molecule has 4 rings (SSSR count). The van der Waals surface area contributed by atoms with Crippen LogP contribution in [0.2, 0.25) is 10.0 Å². The van der Waals surface area contributed by atoms with Crippen molar-refractivity contribution in [3.63, 3.8) is 0 Å². The maximum Gasteiger partial charge on any atom is 0.355 e. The zero-order chi connectivity index (χ0) is 22.0. The van der Waals surface area contributed by atoms with Crippen molar-refractivity contribution in [2.75, 3.05) is 0 Å². The number of aromatic amines is 1. The van der Waals surface area contributed by atoms with E-state index in [1.165, 1.54) is 0 Å². The molecule has 1 heterocycles. The number of rotatable bonds is 5. The van der Waals surface area contributed by atoms with E-state index in [1.54, 1.807) is 18.2 Å². The normalized spacial score (nSPS) is 13.0. The Morgan fingerprint density at radius 3 is 2.55 bits per heavy atom. The Morgan fingerprint density at radius 1 is 1.06 bits per heavy atom. The fourth-order valence-corrected chi connectivity index (χ4v) is 3.97. The number of nitrogens with zero attached hydrogens (tertiary/aromatic N) is 2. The summed E-state index contributed by atoms with van der Waals surface area (Å²) in [5, 5.41) is 0.787. The molecule has 0 radical (unpaired) electrons. The number of fused-ring (bicyclic) bond motifs is 1. The Balaban J connectivity index is 1.72. The number of esters is 1. The zero-order valence-electron chi connectivity index (χ0n) is 16.3. The number of carbonyl (C=O) groups is 2. The molecule has 0 amide bonds. The minimum Gasteiger partial charge on any atom is -0.456 e. The second-order valence-corrected chi connectivity index (χ2v) is 8.01. The van der Waals surface area contributed by atoms with Gasteiger partial charge in [0.25, 0.3) is 5.78 Å². The van der Waals surface area contributed by atoms with Crippen molar-refractivity contribution < 1.29 is 19.1 Å². The van der Waals surface area contributed by atoms with Crippen molar-refractivity contribution in [2.45, 2.75) is 25.9 Å². The first-order valence-corrected chi connectivity index (χ1v) is 10.4. The van der Waals surface area contributed by atoms with Crippen LogP contribution in [0.3, 0.4) is 0 Å². The molecule has 1 aliphatic carbocycles. The van der Waals surface area contributed by atoms with E-state index < -0.39 is 11.8 Å². The number of nitrogens with one attached hydrogen (secondary N) is 1. The van der Waals surface area contributed by atoms with E-state index >= 15 is 0 Å². The average molecular weight is 454 g/mol. The van der Waals surface area contributed by atoms with E-state index in [-0.39, 0.29) is 30.9 Å². The Kier molecular flexibility index (Phi) is 6.05. The van der Waals surface area contributed by atoms with Crippen molar-refractivity contribution in [3.05, 3.63) is 97.7 Å². The maximum absolute atomic E-state index is 12.9. The number of carbonyl (C=O) groups excluding carboxylic acids is 2. The summed E-state index contributed by atoms with van der Waals surface area (Å²) in [6.07, 6.45) is 0.983. The standard InChI is InChI=1S/C23H17Cl2N3O3/c24-16-7-6-14(11-17(16)25)10-15-20-18(8-9-19(28-26)22(20)29)27-21(15)23(30)31-12-13-4-2-1-3-5-13/h1-7,11,27H,8-10,12H2. The number of aryl methyl sites for hydroxylation is 1. The Bertz CT molecular complexity index is 1230. The summed E-state index contributed by atoms with van der Waals surface area (Å²) in [5.74, 6) is -0.972. The Morgan fingerprint density at radius 2 is 1.84 bits per heavy atom. The Labute approximate surface area is 188 Å². The summed E-state index contributed by atoms with van der Waals surface area (Å²) in [6.45, 7) is 0.104. The summed E-state index contributed by atoms with van der Waals surface area (Å²) in [4.78, 5) is 32.0. The topological polar surface area (TPSA) is 95.6 Å². The lowest BCUT2D eigenvalue weighted by Gasteiger charge is -2.10. The molecule has 0 fully saturated rings. The van der Waals surface area contributed by atoms with E-state index in [1.807, 2.05) is 30.3 Å². The molecule has 0 spiro atoms. The number of halogens is 2. The van der Waals surface area contributed by atoms with Gasteiger partial charge in [-0.3, -0.25) is 4.79 Å². The SMILES string of the molecule is [N-]=[N+]=C1CCc2[nH]c(C(=O)OCc3ccccc3)c(Cc3ccc(Cl)c(Cl)c3)c2C1=O. The van der Waals surface area contributed by atoms with Crippen LogP contribution in [0.5, 0.6) is 0 Å². The first-order valence-electron chi connectivity index (χ1n) is 9.62. The number of benzene rings is 2. The first kappa shape index (κ1) is 21.1. The summed E-state index contributed by atoms with van der Waals surface area (Å²) < 4.78 is 5.49. The minimum atomic E-state index is -0.566. The molecule has 1 aromatic heterocycles. The van der Waals surface area contributed by atoms with Gasteiger partial charge in [0, 0.05) is 17.7 Å². The van der Waals surface area contributed by atoms with E-state index in [0.717, 1.165) is 11.1 Å². The predicted octanol–water partition coefficient (Wildman–Crippen LogP) is 5.07. The number of H-pyrrole nitrogens is 1. The molecule has 0 saturated heterocycles. The molecule has 0 aliphatic heterocycles. The van der Waals surface area contributed by atoms with E-state index in [2.05, 4.69) is 9.77 Å². The van der Waals surface area contributed by atoms with Gasteiger partial charge in [-0.25, -0.2) is 4.79 Å². The van der Waals surface area contributed by atoms with Gasteiger partial charge < -0.3 is 15.3 Å². The Hall–Kier alpha value is -3.18. The van der Waals surface area contributed by atoms with Crippen molar-refractivity contribution in [1.29, 1.82) is 0 Å². The lowest BCUT2D eigenvalue weighted by molar-refractivity contribution is -0.00948. The smallest absolute Gasteiger partial charge is 0.355 e. The highest BCUT2D eigenvalue weighted by molar-refractivity contribution is 6.45. The lowest BCUT2D eigenvalue weighted by atomic mass is 9.89. The number of hydrogen-bond donors (Lipinski definition) is 1. The molecule has 1 aliphatic rings. The van der Waals surface area contributed by atoms with Gasteiger partial charge in [0.2, 0.25) is 0 Å². The summed E-state index contributed by atoms with van der Waals surface area (Å²) in [6, 6.07) is 14.5. The molecule has 6 nitrogen and oxygen atoms in total. The molecule has 1 N–H and O–H groups in total. The highest BCUT2D eigenvalue weighted by atomic mass is 35.5. The third kappa shape index (κ3) is 4.32. The predicted molar refractivity (Wildman–Crippen MR) is 117 cm³/mol. The van der Waals surface area contributed by atoms with Gasteiger partial charge in [-0.2, -0.15) is 4.79 Å². The van der Waals surface area contributed by atoms with Crippen molar-refractivity contribution in [3.8, 4) is 0 Å². The van der Waals surface area contributed by atoms with E-state index in [9.17, 15) is 15.1 Å². The molecule has 2 aromatic carbocycles. The molecule has 3 aromatic rings. The van der Waals surface area contributed by atoms with E-state index in [4.69, 9.17) is 27.9 Å². The molecule has 8 heteroatoms. The zero-order valence-corrected chi connectivity index (χ0v) is 17.8. The number of ketones is 1. The third-order valence-electron chi connectivity index (χ3n) is 5.18. The highest BCUT2D eigenvalue weighted by Gasteiger charge is 2.36. The fourth-order valence-electron chi connectivity index (χ4n) is 3.65. The first-order chi connectivity index (χ1) is 15.0.